The Bertz CT molecular complexity index is 507. The number of hydrogen-bond donors (Lipinski definition) is 1. The van der Waals surface area contributed by atoms with Gasteiger partial charge in [0, 0.05) is 38.9 Å². The Morgan fingerprint density at radius 2 is 1.96 bits per heavy atom. The van der Waals surface area contributed by atoms with E-state index in [1.165, 1.54) is 32.1 Å². The average molecular weight is 330 g/mol. The zero-order valence-electron chi connectivity index (χ0n) is 14.8. The molecule has 0 spiro atoms. The van der Waals surface area contributed by atoms with Gasteiger partial charge in [-0.3, -0.25) is 9.69 Å². The molecule has 1 aromatic rings. The maximum absolute atomic E-state index is 12.5. The minimum Gasteiger partial charge on any atom is -0.354 e. The molecular formula is C19H30N4O. The monoisotopic (exact) mass is 330 g/mol. The van der Waals surface area contributed by atoms with E-state index in [1.54, 1.807) is 0 Å². The molecule has 0 radical (unpaired) electrons. The van der Waals surface area contributed by atoms with Crippen LogP contribution in [-0.4, -0.2) is 54.6 Å². The smallest absolute Gasteiger partial charge is 0.237 e. The molecule has 2 fully saturated rings. The molecular weight excluding hydrogens is 300 g/mol. The summed E-state index contributed by atoms with van der Waals surface area (Å²) >= 11 is 0. The average Bonchev–Trinajstić information content (AvgIpc) is 2.67. The molecule has 0 aromatic carbocycles. The summed E-state index contributed by atoms with van der Waals surface area (Å²) in [7, 11) is 0. The Kier molecular flexibility index (Phi) is 6.07. The van der Waals surface area contributed by atoms with Gasteiger partial charge < -0.3 is 10.2 Å². The molecule has 1 saturated heterocycles. The number of carbonyl (C=O) groups excluding carboxylic acids is 1. The first-order valence-electron chi connectivity index (χ1n) is 9.42. The predicted octanol–water partition coefficient (Wildman–Crippen LogP) is 2.29. The van der Waals surface area contributed by atoms with Crippen molar-refractivity contribution in [3.63, 3.8) is 0 Å². The van der Waals surface area contributed by atoms with Gasteiger partial charge in [-0.1, -0.05) is 25.3 Å². The summed E-state index contributed by atoms with van der Waals surface area (Å²) < 4.78 is 0. The zero-order valence-corrected chi connectivity index (χ0v) is 14.8. The van der Waals surface area contributed by atoms with Gasteiger partial charge in [-0.15, -0.1) is 0 Å². The van der Waals surface area contributed by atoms with Gasteiger partial charge in [-0.25, -0.2) is 4.98 Å². The van der Waals surface area contributed by atoms with E-state index in [1.807, 2.05) is 25.3 Å². The van der Waals surface area contributed by atoms with Crippen molar-refractivity contribution in [1.29, 1.82) is 0 Å². The third kappa shape index (κ3) is 4.47. The van der Waals surface area contributed by atoms with E-state index in [-0.39, 0.29) is 11.9 Å². The molecule has 5 nitrogen and oxygen atoms in total. The summed E-state index contributed by atoms with van der Waals surface area (Å²) in [6, 6.07) is 5.98. The first-order chi connectivity index (χ1) is 11.7. The highest BCUT2D eigenvalue weighted by atomic mass is 16.2. The van der Waals surface area contributed by atoms with Gasteiger partial charge in [0.2, 0.25) is 5.91 Å². The highest BCUT2D eigenvalue weighted by Crippen LogP contribution is 2.22. The maximum Gasteiger partial charge on any atom is 0.237 e. The van der Waals surface area contributed by atoms with Gasteiger partial charge >= 0.3 is 0 Å². The molecule has 1 saturated carbocycles. The molecule has 5 heteroatoms. The lowest BCUT2D eigenvalue weighted by molar-refractivity contribution is -0.126. The summed E-state index contributed by atoms with van der Waals surface area (Å²) in [4.78, 5) is 21.5. The van der Waals surface area contributed by atoms with E-state index >= 15 is 0 Å². The van der Waals surface area contributed by atoms with Crippen molar-refractivity contribution >= 4 is 11.7 Å². The first-order valence-corrected chi connectivity index (χ1v) is 9.42. The van der Waals surface area contributed by atoms with E-state index in [0.29, 0.717) is 5.92 Å². The van der Waals surface area contributed by atoms with Crippen molar-refractivity contribution in [2.45, 2.75) is 45.1 Å². The van der Waals surface area contributed by atoms with E-state index in [2.05, 4.69) is 26.2 Å². The molecule has 2 heterocycles. The fourth-order valence-corrected chi connectivity index (χ4v) is 3.83. The molecule has 1 atom stereocenters. The van der Waals surface area contributed by atoms with Crippen molar-refractivity contribution < 1.29 is 4.79 Å². The minimum atomic E-state index is -0.0422. The number of hydrogen-bond acceptors (Lipinski definition) is 4. The molecule has 24 heavy (non-hydrogen) atoms. The topological polar surface area (TPSA) is 48.5 Å². The number of anilines is 1. The van der Waals surface area contributed by atoms with E-state index in [4.69, 9.17) is 0 Å². The zero-order chi connectivity index (χ0) is 16.8. The molecule has 1 N–H and O–H groups in total. The second kappa shape index (κ2) is 8.47. The Labute approximate surface area is 145 Å². The lowest BCUT2D eigenvalue weighted by atomic mass is 9.89. The van der Waals surface area contributed by atoms with E-state index in [9.17, 15) is 4.79 Å². The van der Waals surface area contributed by atoms with Crippen molar-refractivity contribution in [3.8, 4) is 0 Å². The van der Waals surface area contributed by atoms with Crippen LogP contribution in [0.4, 0.5) is 5.82 Å². The molecule has 0 unspecified atom stereocenters. The van der Waals surface area contributed by atoms with Crippen LogP contribution in [0.15, 0.2) is 24.4 Å². The summed E-state index contributed by atoms with van der Waals surface area (Å²) in [5, 5.41) is 3.19. The minimum absolute atomic E-state index is 0.0422. The maximum atomic E-state index is 12.5. The quantitative estimate of drug-likeness (QED) is 0.900. The van der Waals surface area contributed by atoms with E-state index in [0.717, 1.165) is 38.5 Å². The largest absolute Gasteiger partial charge is 0.354 e. The number of aromatic nitrogens is 1. The summed E-state index contributed by atoms with van der Waals surface area (Å²) in [5.41, 5.74) is 0. The molecule has 3 rings (SSSR count). The van der Waals surface area contributed by atoms with Gasteiger partial charge in [0.05, 0.1) is 6.04 Å². The molecule has 1 aliphatic carbocycles. The van der Waals surface area contributed by atoms with Gasteiger partial charge in [0.25, 0.3) is 0 Å². The SMILES string of the molecule is C[C@H](C(=O)NCC1CCCCC1)N1CCN(c2ccccn2)CC1. The first kappa shape index (κ1) is 17.2. The van der Waals surface area contributed by atoms with Crippen LogP contribution in [0.2, 0.25) is 0 Å². The second-order valence-corrected chi connectivity index (χ2v) is 7.14. The molecule has 132 valence electrons. The van der Waals surface area contributed by atoms with Crippen LogP contribution in [0.25, 0.3) is 0 Å². The van der Waals surface area contributed by atoms with Crippen LogP contribution in [0.1, 0.15) is 39.0 Å². The lowest BCUT2D eigenvalue weighted by Crippen LogP contribution is -2.54. The van der Waals surface area contributed by atoms with Crippen LogP contribution >= 0.6 is 0 Å². The third-order valence-corrected chi connectivity index (χ3v) is 5.50. The number of pyridine rings is 1. The van der Waals surface area contributed by atoms with Crippen molar-refractivity contribution in [1.82, 2.24) is 15.2 Å². The van der Waals surface area contributed by atoms with Crippen LogP contribution in [0.5, 0.6) is 0 Å². The van der Waals surface area contributed by atoms with Gasteiger partial charge in [0.15, 0.2) is 0 Å². The number of nitrogens with one attached hydrogen (secondary N) is 1. The Morgan fingerprint density at radius 3 is 2.62 bits per heavy atom. The van der Waals surface area contributed by atoms with Crippen LogP contribution < -0.4 is 10.2 Å². The Morgan fingerprint density at radius 1 is 1.21 bits per heavy atom. The van der Waals surface area contributed by atoms with Crippen LogP contribution in [-0.2, 0) is 4.79 Å². The van der Waals surface area contributed by atoms with E-state index < -0.39 is 0 Å². The lowest BCUT2D eigenvalue weighted by Gasteiger charge is -2.38. The molecule has 0 bridgehead atoms. The number of piperazine rings is 1. The number of carbonyl (C=O) groups is 1. The fourth-order valence-electron chi connectivity index (χ4n) is 3.83. The van der Waals surface area contributed by atoms with Gasteiger partial charge in [0.1, 0.15) is 5.82 Å². The van der Waals surface area contributed by atoms with Gasteiger partial charge in [-0.05, 0) is 37.8 Å². The summed E-state index contributed by atoms with van der Waals surface area (Å²) in [5.74, 6) is 1.91. The standard InChI is InChI=1S/C19H30N4O/c1-16(19(24)21-15-17-7-3-2-4-8-17)22-11-13-23(14-12-22)18-9-5-6-10-20-18/h5-6,9-10,16-17H,2-4,7-8,11-15H2,1H3,(H,21,24)/t16-/m1/s1. The number of amides is 1. The third-order valence-electron chi connectivity index (χ3n) is 5.50. The molecule has 1 aromatic heterocycles. The predicted molar refractivity (Wildman–Crippen MR) is 97.1 cm³/mol. The Balaban J connectivity index is 1.42. The molecule has 1 amide bonds. The summed E-state index contributed by atoms with van der Waals surface area (Å²) in [6.07, 6.45) is 8.40. The highest BCUT2D eigenvalue weighted by Gasteiger charge is 2.26. The van der Waals surface area contributed by atoms with Crippen molar-refractivity contribution in [3.05, 3.63) is 24.4 Å². The van der Waals surface area contributed by atoms with Crippen LogP contribution in [0.3, 0.4) is 0 Å². The number of nitrogens with zero attached hydrogens (tertiary/aromatic N) is 3. The molecule has 2 aliphatic rings. The fraction of sp³-hybridized carbons (Fsp3) is 0.684. The van der Waals surface area contributed by atoms with Crippen molar-refractivity contribution in [2.75, 3.05) is 37.6 Å². The number of rotatable bonds is 5. The van der Waals surface area contributed by atoms with Crippen LogP contribution in [0, 0.1) is 5.92 Å². The molecule has 1 aliphatic heterocycles. The summed E-state index contributed by atoms with van der Waals surface area (Å²) in [6.45, 7) is 6.57. The second-order valence-electron chi connectivity index (χ2n) is 7.14. The highest BCUT2D eigenvalue weighted by molar-refractivity contribution is 5.81. The van der Waals surface area contributed by atoms with Crippen molar-refractivity contribution in [2.24, 2.45) is 5.92 Å². The van der Waals surface area contributed by atoms with Gasteiger partial charge in [-0.2, -0.15) is 0 Å². The normalized spacial score (nSPS) is 21.5. The Hall–Kier alpha value is -1.62.